The number of rotatable bonds is 2. The number of fused-ring (bicyclic) bond motifs is 3. The highest BCUT2D eigenvalue weighted by atomic mass is 16.5. The molecule has 1 atom stereocenters. The summed E-state index contributed by atoms with van der Waals surface area (Å²) < 4.78 is 11.0. The molecule has 0 saturated carbocycles. The summed E-state index contributed by atoms with van der Waals surface area (Å²) in [7, 11) is 1.61. The van der Waals surface area contributed by atoms with Crippen molar-refractivity contribution >= 4 is 16.9 Å². The number of ether oxygens (including phenoxy) is 1. The molecule has 0 bridgehead atoms. The Morgan fingerprint density at radius 1 is 1.30 bits per heavy atom. The van der Waals surface area contributed by atoms with E-state index >= 15 is 0 Å². The lowest BCUT2D eigenvalue weighted by Gasteiger charge is -2.12. The first-order chi connectivity index (χ1) is 11.0. The Kier molecular flexibility index (Phi) is 2.99. The number of imidazole rings is 2. The zero-order chi connectivity index (χ0) is 16.3. The fourth-order valence-electron chi connectivity index (χ4n) is 3.39. The van der Waals surface area contributed by atoms with Crippen LogP contribution in [0.2, 0.25) is 0 Å². The van der Waals surface area contributed by atoms with Crippen LogP contribution in [0.4, 0.5) is 0 Å². The van der Waals surface area contributed by atoms with Gasteiger partial charge in [-0.25, -0.2) is 4.79 Å². The summed E-state index contributed by atoms with van der Waals surface area (Å²) in [6, 6.07) is 0. The maximum Gasteiger partial charge on any atom is 0.329 e. The maximum absolute atomic E-state index is 12.3. The first-order valence-corrected chi connectivity index (χ1v) is 7.78. The number of aromatic amines is 1. The van der Waals surface area contributed by atoms with E-state index in [-0.39, 0.29) is 6.10 Å². The largest absolute Gasteiger partial charge is 0.376 e. The van der Waals surface area contributed by atoms with Crippen molar-refractivity contribution in [2.45, 2.75) is 39.3 Å². The highest BCUT2D eigenvalue weighted by Crippen LogP contribution is 2.23. The third-order valence-corrected chi connectivity index (χ3v) is 4.81. The smallest absolute Gasteiger partial charge is 0.329 e. The van der Waals surface area contributed by atoms with Crippen LogP contribution in [0.1, 0.15) is 24.2 Å². The van der Waals surface area contributed by atoms with E-state index < -0.39 is 11.2 Å². The summed E-state index contributed by atoms with van der Waals surface area (Å²) in [4.78, 5) is 31.0. The number of nitrogens with one attached hydrogen (secondary N) is 1. The van der Waals surface area contributed by atoms with Gasteiger partial charge in [0.25, 0.3) is 5.56 Å². The van der Waals surface area contributed by atoms with Gasteiger partial charge in [-0.15, -0.1) is 0 Å². The van der Waals surface area contributed by atoms with E-state index in [1.807, 2.05) is 18.2 Å². The Hall–Kier alpha value is -2.35. The van der Waals surface area contributed by atoms with Gasteiger partial charge in [-0.3, -0.25) is 18.7 Å². The maximum atomic E-state index is 12.3. The van der Waals surface area contributed by atoms with E-state index in [1.165, 1.54) is 4.57 Å². The molecule has 1 aliphatic rings. The molecule has 0 spiro atoms. The molecule has 0 aromatic carbocycles. The molecule has 1 saturated heterocycles. The highest BCUT2D eigenvalue weighted by Gasteiger charge is 2.23. The summed E-state index contributed by atoms with van der Waals surface area (Å²) in [6.45, 7) is 5.48. The predicted molar refractivity (Wildman–Crippen MR) is 85.0 cm³/mol. The molecule has 0 aliphatic carbocycles. The van der Waals surface area contributed by atoms with Crippen molar-refractivity contribution in [1.82, 2.24) is 23.5 Å². The SMILES string of the molecule is Cc1c(C)n2c3c(=O)[nH]c(=O)n(C)c3nc2n1C[C@H]1CCCO1. The van der Waals surface area contributed by atoms with Gasteiger partial charge in [0.1, 0.15) is 0 Å². The van der Waals surface area contributed by atoms with Crippen LogP contribution in [0, 0.1) is 13.8 Å². The number of H-pyrrole nitrogens is 1. The second kappa shape index (κ2) is 4.82. The summed E-state index contributed by atoms with van der Waals surface area (Å²) in [6.07, 6.45) is 2.28. The monoisotopic (exact) mass is 317 g/mol. The number of aryl methyl sites for hydroxylation is 2. The standard InChI is InChI=1S/C15H19N5O3/c1-8-9(2)20-11-12(18(3)15(22)17-13(11)21)16-14(20)19(8)7-10-5-4-6-23-10/h10H,4-7H2,1-3H3,(H,17,21,22)/t10-/m1/s1. The molecule has 23 heavy (non-hydrogen) atoms. The molecule has 0 unspecified atom stereocenters. The van der Waals surface area contributed by atoms with Crippen molar-refractivity contribution in [2.24, 2.45) is 7.05 Å². The van der Waals surface area contributed by atoms with Crippen molar-refractivity contribution in [2.75, 3.05) is 6.61 Å². The molecule has 1 fully saturated rings. The molecule has 122 valence electrons. The van der Waals surface area contributed by atoms with Crippen LogP contribution in [-0.2, 0) is 18.3 Å². The van der Waals surface area contributed by atoms with Crippen LogP contribution in [0.5, 0.6) is 0 Å². The summed E-state index contributed by atoms with van der Waals surface area (Å²) in [5.41, 5.74) is 1.95. The molecule has 4 heterocycles. The third kappa shape index (κ3) is 1.91. The minimum atomic E-state index is -0.455. The molecule has 0 amide bonds. The number of aromatic nitrogens is 5. The summed E-state index contributed by atoms with van der Waals surface area (Å²) in [5, 5.41) is 0. The Morgan fingerprint density at radius 3 is 2.78 bits per heavy atom. The Morgan fingerprint density at radius 2 is 2.09 bits per heavy atom. The lowest BCUT2D eigenvalue weighted by molar-refractivity contribution is 0.0974. The lowest BCUT2D eigenvalue weighted by Crippen LogP contribution is -2.28. The van der Waals surface area contributed by atoms with Crippen molar-refractivity contribution in [3.8, 4) is 0 Å². The quantitative estimate of drug-likeness (QED) is 0.744. The molecular weight excluding hydrogens is 298 g/mol. The molecule has 1 aliphatic heterocycles. The second-order valence-electron chi connectivity index (χ2n) is 6.15. The zero-order valence-electron chi connectivity index (χ0n) is 13.4. The van der Waals surface area contributed by atoms with Gasteiger partial charge in [0.2, 0.25) is 5.78 Å². The van der Waals surface area contributed by atoms with E-state index in [0.717, 1.165) is 30.8 Å². The third-order valence-electron chi connectivity index (χ3n) is 4.81. The van der Waals surface area contributed by atoms with E-state index in [0.29, 0.717) is 23.5 Å². The van der Waals surface area contributed by atoms with Crippen LogP contribution in [0.25, 0.3) is 16.9 Å². The van der Waals surface area contributed by atoms with Crippen LogP contribution in [0.15, 0.2) is 9.59 Å². The van der Waals surface area contributed by atoms with Gasteiger partial charge in [0.15, 0.2) is 11.2 Å². The van der Waals surface area contributed by atoms with E-state index in [1.54, 1.807) is 7.05 Å². The average Bonchev–Trinajstić information content (AvgIpc) is 3.20. The predicted octanol–water partition coefficient (Wildman–Crippen LogP) is 0.472. The first-order valence-electron chi connectivity index (χ1n) is 7.78. The average molecular weight is 317 g/mol. The minimum Gasteiger partial charge on any atom is -0.376 e. The topological polar surface area (TPSA) is 86.3 Å². The fourth-order valence-corrected chi connectivity index (χ4v) is 3.39. The van der Waals surface area contributed by atoms with Gasteiger partial charge < -0.3 is 9.30 Å². The van der Waals surface area contributed by atoms with Crippen LogP contribution < -0.4 is 11.2 Å². The van der Waals surface area contributed by atoms with Crippen molar-refractivity contribution in [3.63, 3.8) is 0 Å². The van der Waals surface area contributed by atoms with Gasteiger partial charge >= 0.3 is 5.69 Å². The molecule has 3 aromatic rings. The van der Waals surface area contributed by atoms with E-state index in [9.17, 15) is 9.59 Å². The number of hydrogen-bond acceptors (Lipinski definition) is 4. The lowest BCUT2D eigenvalue weighted by atomic mass is 10.2. The highest BCUT2D eigenvalue weighted by molar-refractivity contribution is 5.76. The molecular formula is C15H19N5O3. The van der Waals surface area contributed by atoms with Gasteiger partial charge in [0, 0.05) is 25.0 Å². The van der Waals surface area contributed by atoms with Gasteiger partial charge in [0.05, 0.1) is 12.6 Å². The van der Waals surface area contributed by atoms with E-state index in [4.69, 9.17) is 4.74 Å². The van der Waals surface area contributed by atoms with Gasteiger partial charge in [-0.1, -0.05) is 0 Å². The van der Waals surface area contributed by atoms with Gasteiger partial charge in [-0.2, -0.15) is 4.98 Å². The molecule has 0 radical (unpaired) electrons. The Balaban J connectivity index is 2.04. The Bertz CT molecular complexity index is 1030. The van der Waals surface area contributed by atoms with Gasteiger partial charge in [-0.05, 0) is 26.7 Å². The fraction of sp³-hybridized carbons (Fsp3) is 0.533. The molecule has 4 rings (SSSR count). The molecule has 3 aromatic heterocycles. The van der Waals surface area contributed by atoms with Crippen LogP contribution in [0.3, 0.4) is 0 Å². The summed E-state index contributed by atoms with van der Waals surface area (Å²) >= 11 is 0. The molecule has 8 nitrogen and oxygen atoms in total. The normalized spacial score (nSPS) is 18.5. The number of nitrogens with zero attached hydrogens (tertiary/aromatic N) is 4. The Labute approximate surface area is 131 Å². The van der Waals surface area contributed by atoms with Crippen LogP contribution >= 0.6 is 0 Å². The summed E-state index contributed by atoms with van der Waals surface area (Å²) in [5.74, 6) is 0.678. The number of hydrogen-bond donors (Lipinski definition) is 1. The van der Waals surface area contributed by atoms with Crippen molar-refractivity contribution in [1.29, 1.82) is 0 Å². The molecule has 8 heteroatoms. The minimum absolute atomic E-state index is 0.172. The van der Waals surface area contributed by atoms with E-state index in [2.05, 4.69) is 14.5 Å². The van der Waals surface area contributed by atoms with Crippen LogP contribution in [-0.4, -0.2) is 36.2 Å². The van der Waals surface area contributed by atoms with Crippen molar-refractivity contribution in [3.05, 3.63) is 32.2 Å². The first kappa shape index (κ1) is 14.3. The van der Waals surface area contributed by atoms with Crippen molar-refractivity contribution < 1.29 is 4.74 Å². The second-order valence-corrected chi connectivity index (χ2v) is 6.15. The zero-order valence-corrected chi connectivity index (χ0v) is 13.4. The molecule has 1 N–H and O–H groups in total.